The first-order valence-corrected chi connectivity index (χ1v) is 10.4. The number of fused-ring (bicyclic) bond motifs is 1. The number of hydrogen-bond acceptors (Lipinski definition) is 4. The lowest BCUT2D eigenvalue weighted by molar-refractivity contribution is -0.137. The Balaban J connectivity index is 1.42. The fourth-order valence-electron chi connectivity index (χ4n) is 5.38. The predicted octanol–water partition coefficient (Wildman–Crippen LogP) is 2.33. The summed E-state index contributed by atoms with van der Waals surface area (Å²) >= 11 is 0. The van der Waals surface area contributed by atoms with Gasteiger partial charge in [0.25, 0.3) is 5.91 Å². The SMILES string of the molecule is CC1CC(C)(C)CC2(C1)NC(=O)N(CC(=O)NCc1nc3ccccc3n1C)C2=O. The molecule has 1 aliphatic carbocycles. The molecule has 1 aromatic heterocycles. The van der Waals surface area contributed by atoms with E-state index >= 15 is 0 Å². The van der Waals surface area contributed by atoms with Gasteiger partial charge in [0.2, 0.25) is 5.91 Å². The minimum Gasteiger partial charge on any atom is -0.347 e. The van der Waals surface area contributed by atoms with Crippen LogP contribution in [0.3, 0.4) is 0 Å². The Labute approximate surface area is 176 Å². The maximum atomic E-state index is 13.2. The summed E-state index contributed by atoms with van der Waals surface area (Å²) in [5.74, 6) is 0.362. The number of para-hydroxylation sites is 2. The number of aromatic nitrogens is 2. The quantitative estimate of drug-likeness (QED) is 0.755. The Morgan fingerprint density at radius 3 is 2.70 bits per heavy atom. The molecule has 30 heavy (non-hydrogen) atoms. The van der Waals surface area contributed by atoms with Crippen molar-refractivity contribution < 1.29 is 14.4 Å². The van der Waals surface area contributed by atoms with Gasteiger partial charge in [0.15, 0.2) is 0 Å². The summed E-state index contributed by atoms with van der Waals surface area (Å²) in [4.78, 5) is 43.8. The average molecular weight is 412 g/mol. The fourth-order valence-corrected chi connectivity index (χ4v) is 5.38. The molecule has 4 rings (SSSR count). The van der Waals surface area contributed by atoms with E-state index in [-0.39, 0.29) is 30.3 Å². The molecule has 4 amide bonds. The molecular weight excluding hydrogens is 382 g/mol. The number of hydrogen-bond donors (Lipinski definition) is 2. The zero-order valence-electron chi connectivity index (χ0n) is 18.0. The van der Waals surface area contributed by atoms with Crippen molar-refractivity contribution in [3.05, 3.63) is 30.1 Å². The summed E-state index contributed by atoms with van der Waals surface area (Å²) in [6.45, 7) is 6.29. The van der Waals surface area contributed by atoms with E-state index in [0.29, 0.717) is 24.6 Å². The molecule has 1 spiro atoms. The van der Waals surface area contributed by atoms with E-state index in [9.17, 15) is 14.4 Å². The number of urea groups is 1. The number of carbonyl (C=O) groups excluding carboxylic acids is 3. The molecule has 2 aliphatic rings. The van der Waals surface area contributed by atoms with Crippen LogP contribution in [0.2, 0.25) is 0 Å². The highest BCUT2D eigenvalue weighted by molar-refractivity contribution is 6.09. The first kappa shape index (κ1) is 20.4. The summed E-state index contributed by atoms with van der Waals surface area (Å²) < 4.78 is 1.92. The Morgan fingerprint density at radius 1 is 1.27 bits per heavy atom. The lowest BCUT2D eigenvalue weighted by Gasteiger charge is -2.43. The van der Waals surface area contributed by atoms with Crippen LogP contribution in [0.1, 0.15) is 45.9 Å². The van der Waals surface area contributed by atoms with Crippen LogP contribution >= 0.6 is 0 Å². The van der Waals surface area contributed by atoms with E-state index in [1.165, 1.54) is 0 Å². The van der Waals surface area contributed by atoms with E-state index in [0.717, 1.165) is 22.4 Å². The summed E-state index contributed by atoms with van der Waals surface area (Å²) in [6.07, 6.45) is 2.21. The average Bonchev–Trinajstić information content (AvgIpc) is 3.08. The zero-order valence-corrected chi connectivity index (χ0v) is 18.0. The summed E-state index contributed by atoms with van der Waals surface area (Å²) in [7, 11) is 1.89. The Kier molecular flexibility index (Phi) is 4.83. The van der Waals surface area contributed by atoms with Gasteiger partial charge in [-0.15, -0.1) is 0 Å². The van der Waals surface area contributed by atoms with Crippen molar-refractivity contribution >= 4 is 28.9 Å². The molecule has 2 fully saturated rings. The molecule has 0 radical (unpaired) electrons. The molecule has 2 aromatic rings. The molecular formula is C22H29N5O3. The number of benzene rings is 1. The van der Waals surface area contributed by atoms with Gasteiger partial charge in [0, 0.05) is 7.05 Å². The van der Waals surface area contributed by atoms with Crippen LogP contribution in [0.15, 0.2) is 24.3 Å². The highest BCUT2D eigenvalue weighted by Gasteiger charge is 2.56. The van der Waals surface area contributed by atoms with E-state index in [4.69, 9.17) is 0 Å². The van der Waals surface area contributed by atoms with Crippen LogP contribution in [-0.2, 0) is 23.2 Å². The maximum Gasteiger partial charge on any atom is 0.325 e. The molecule has 1 saturated heterocycles. The molecule has 2 heterocycles. The molecule has 1 saturated carbocycles. The van der Waals surface area contributed by atoms with Crippen LogP contribution in [0, 0.1) is 11.3 Å². The minimum atomic E-state index is -0.893. The van der Waals surface area contributed by atoms with Gasteiger partial charge in [-0.2, -0.15) is 0 Å². The van der Waals surface area contributed by atoms with Gasteiger partial charge in [-0.25, -0.2) is 9.78 Å². The second kappa shape index (κ2) is 7.11. The van der Waals surface area contributed by atoms with E-state index in [1.807, 2.05) is 35.9 Å². The number of amides is 4. The molecule has 2 unspecified atom stereocenters. The van der Waals surface area contributed by atoms with E-state index < -0.39 is 11.6 Å². The normalized spacial score (nSPS) is 25.7. The first-order valence-electron chi connectivity index (χ1n) is 10.4. The largest absolute Gasteiger partial charge is 0.347 e. The first-order chi connectivity index (χ1) is 14.1. The number of rotatable bonds is 4. The van der Waals surface area contributed by atoms with Crippen molar-refractivity contribution in [1.29, 1.82) is 0 Å². The molecule has 8 nitrogen and oxygen atoms in total. The van der Waals surface area contributed by atoms with Gasteiger partial charge in [-0.05, 0) is 42.7 Å². The Morgan fingerprint density at radius 2 is 2.00 bits per heavy atom. The lowest BCUT2D eigenvalue weighted by atomic mass is 9.64. The zero-order chi connectivity index (χ0) is 21.7. The fraction of sp³-hybridized carbons (Fsp3) is 0.545. The van der Waals surface area contributed by atoms with E-state index in [2.05, 4.69) is 36.4 Å². The Hall–Kier alpha value is -2.90. The molecule has 0 bridgehead atoms. The van der Waals surface area contributed by atoms with Crippen molar-refractivity contribution in [1.82, 2.24) is 25.1 Å². The Bertz CT molecular complexity index is 1030. The van der Waals surface area contributed by atoms with Gasteiger partial charge in [-0.3, -0.25) is 14.5 Å². The van der Waals surface area contributed by atoms with Crippen molar-refractivity contribution in [3.8, 4) is 0 Å². The number of imidazole rings is 1. The van der Waals surface area contributed by atoms with Gasteiger partial charge in [0.1, 0.15) is 17.9 Å². The molecule has 160 valence electrons. The molecule has 1 aromatic carbocycles. The summed E-state index contributed by atoms with van der Waals surface area (Å²) in [5, 5.41) is 5.69. The molecule has 2 atom stereocenters. The summed E-state index contributed by atoms with van der Waals surface area (Å²) in [5.41, 5.74) is 0.899. The van der Waals surface area contributed by atoms with Crippen LogP contribution < -0.4 is 10.6 Å². The minimum absolute atomic E-state index is 0.0426. The monoisotopic (exact) mass is 411 g/mol. The summed E-state index contributed by atoms with van der Waals surface area (Å²) in [6, 6.07) is 7.25. The highest BCUT2D eigenvalue weighted by atomic mass is 16.2. The van der Waals surface area contributed by atoms with Crippen LogP contribution in [0.5, 0.6) is 0 Å². The van der Waals surface area contributed by atoms with Crippen LogP contribution in [0.25, 0.3) is 11.0 Å². The molecule has 8 heteroatoms. The van der Waals surface area contributed by atoms with Crippen LogP contribution in [-0.4, -0.2) is 44.4 Å². The van der Waals surface area contributed by atoms with Crippen molar-refractivity contribution in [2.24, 2.45) is 18.4 Å². The predicted molar refractivity (Wildman–Crippen MR) is 112 cm³/mol. The number of carbonyl (C=O) groups is 3. The molecule has 2 N–H and O–H groups in total. The smallest absolute Gasteiger partial charge is 0.325 e. The third-order valence-electron chi connectivity index (χ3n) is 6.25. The number of nitrogens with zero attached hydrogens (tertiary/aromatic N) is 3. The topological polar surface area (TPSA) is 96.3 Å². The second-order valence-electron chi connectivity index (χ2n) is 9.61. The van der Waals surface area contributed by atoms with Gasteiger partial charge >= 0.3 is 6.03 Å². The third kappa shape index (κ3) is 3.55. The lowest BCUT2D eigenvalue weighted by Crippen LogP contribution is -2.54. The van der Waals surface area contributed by atoms with Crippen molar-refractivity contribution in [3.63, 3.8) is 0 Å². The second-order valence-corrected chi connectivity index (χ2v) is 9.61. The highest BCUT2D eigenvalue weighted by Crippen LogP contribution is 2.46. The van der Waals surface area contributed by atoms with E-state index in [1.54, 1.807) is 0 Å². The third-order valence-corrected chi connectivity index (χ3v) is 6.25. The van der Waals surface area contributed by atoms with Crippen molar-refractivity contribution in [2.75, 3.05) is 6.54 Å². The maximum absolute atomic E-state index is 13.2. The van der Waals surface area contributed by atoms with Gasteiger partial charge in [0.05, 0.1) is 17.6 Å². The number of nitrogens with one attached hydrogen (secondary N) is 2. The standard InChI is InChI=1S/C22H29N5O3/c1-14-9-21(2,3)13-22(10-14)19(29)27(20(30)25-22)12-18(28)23-11-17-24-15-7-5-6-8-16(15)26(17)4/h5-8,14H,9-13H2,1-4H3,(H,23,28)(H,25,30). The van der Waals surface area contributed by atoms with Crippen molar-refractivity contribution in [2.45, 2.75) is 52.1 Å². The van der Waals surface area contributed by atoms with Gasteiger partial charge in [-0.1, -0.05) is 32.9 Å². The molecule has 1 aliphatic heterocycles. The number of imide groups is 1. The van der Waals surface area contributed by atoms with Crippen LogP contribution in [0.4, 0.5) is 4.79 Å². The number of aryl methyl sites for hydroxylation is 1. The van der Waals surface area contributed by atoms with Gasteiger partial charge < -0.3 is 15.2 Å².